The van der Waals surface area contributed by atoms with Crippen LogP contribution in [-0.2, 0) is 0 Å². The van der Waals surface area contributed by atoms with Crippen LogP contribution in [0.4, 0.5) is 11.5 Å². The Morgan fingerprint density at radius 3 is 2.35 bits per heavy atom. The zero-order chi connectivity index (χ0) is 22.0. The molecule has 1 aliphatic rings. The maximum atomic E-state index is 12.9. The van der Waals surface area contributed by atoms with Gasteiger partial charge in [-0.3, -0.25) is 9.59 Å². The minimum atomic E-state index is -0.208. The van der Waals surface area contributed by atoms with E-state index in [9.17, 15) is 9.59 Å². The summed E-state index contributed by atoms with van der Waals surface area (Å²) < 4.78 is 1.37. The van der Waals surface area contributed by atoms with Gasteiger partial charge in [0.2, 0.25) is 0 Å². The Labute approximate surface area is 186 Å². The van der Waals surface area contributed by atoms with Gasteiger partial charge in [0.05, 0.1) is 5.69 Å². The highest BCUT2D eigenvalue weighted by atomic mass is 35.5. The summed E-state index contributed by atoms with van der Waals surface area (Å²) in [4.78, 5) is 31.2. The molecule has 7 nitrogen and oxygen atoms in total. The average Bonchev–Trinajstić information content (AvgIpc) is 2.80. The minimum Gasteiger partial charge on any atom is -0.378 e. The lowest BCUT2D eigenvalue weighted by Gasteiger charge is -2.35. The van der Waals surface area contributed by atoms with Crippen molar-refractivity contribution in [3.63, 3.8) is 0 Å². The van der Waals surface area contributed by atoms with Crippen molar-refractivity contribution in [2.75, 3.05) is 50.1 Å². The highest BCUT2D eigenvalue weighted by Gasteiger charge is 2.23. The molecule has 1 amide bonds. The summed E-state index contributed by atoms with van der Waals surface area (Å²) in [6.45, 7) is 2.47. The summed E-state index contributed by atoms with van der Waals surface area (Å²) in [6, 6.07) is 17.9. The van der Waals surface area contributed by atoms with Gasteiger partial charge >= 0.3 is 0 Å². The van der Waals surface area contributed by atoms with E-state index in [0.29, 0.717) is 48.3 Å². The lowest BCUT2D eigenvalue weighted by Crippen LogP contribution is -2.49. The van der Waals surface area contributed by atoms with E-state index in [1.165, 1.54) is 10.7 Å². The number of hydrogen-bond acceptors (Lipinski definition) is 5. The molecule has 0 radical (unpaired) electrons. The van der Waals surface area contributed by atoms with E-state index in [0.717, 1.165) is 5.69 Å². The highest BCUT2D eigenvalue weighted by Crippen LogP contribution is 2.18. The fourth-order valence-corrected chi connectivity index (χ4v) is 3.70. The maximum Gasteiger partial charge on any atom is 0.271 e. The lowest BCUT2D eigenvalue weighted by atomic mass is 10.1. The number of halogens is 1. The first-order valence-corrected chi connectivity index (χ1v) is 10.5. The molecule has 3 aromatic rings. The van der Waals surface area contributed by atoms with Gasteiger partial charge in [-0.1, -0.05) is 17.7 Å². The predicted octanol–water partition coefficient (Wildman–Crippen LogP) is 2.91. The summed E-state index contributed by atoms with van der Waals surface area (Å²) in [5.41, 5.74) is 2.14. The van der Waals surface area contributed by atoms with Crippen LogP contribution in [0.15, 0.2) is 65.5 Å². The topological polar surface area (TPSA) is 61.7 Å². The Hall–Kier alpha value is -3.32. The van der Waals surface area contributed by atoms with Crippen molar-refractivity contribution in [2.45, 2.75) is 0 Å². The zero-order valence-electron chi connectivity index (χ0n) is 17.5. The molecule has 1 aromatic heterocycles. The normalized spacial score (nSPS) is 13.9. The SMILES string of the molecule is CN(C)c1cccc(C(=O)N2CCN(c3ccc(=O)n(-c4ccc(Cl)cc4)n3)CC2)c1. The fourth-order valence-electron chi connectivity index (χ4n) is 3.58. The number of rotatable bonds is 4. The lowest BCUT2D eigenvalue weighted by molar-refractivity contribution is 0.0746. The van der Waals surface area contributed by atoms with Gasteiger partial charge in [0, 0.05) is 62.6 Å². The zero-order valence-corrected chi connectivity index (χ0v) is 18.3. The second kappa shape index (κ2) is 8.81. The number of hydrogen-bond donors (Lipinski definition) is 0. The predicted molar refractivity (Wildman–Crippen MR) is 124 cm³/mol. The van der Waals surface area contributed by atoms with E-state index in [-0.39, 0.29) is 11.5 Å². The van der Waals surface area contributed by atoms with Gasteiger partial charge < -0.3 is 14.7 Å². The van der Waals surface area contributed by atoms with Crippen LogP contribution in [0.1, 0.15) is 10.4 Å². The van der Waals surface area contributed by atoms with Gasteiger partial charge in [0.15, 0.2) is 0 Å². The second-order valence-electron chi connectivity index (χ2n) is 7.64. The molecule has 0 bridgehead atoms. The number of anilines is 2. The van der Waals surface area contributed by atoms with Crippen molar-refractivity contribution in [2.24, 2.45) is 0 Å². The van der Waals surface area contributed by atoms with Crippen molar-refractivity contribution >= 4 is 29.0 Å². The van der Waals surface area contributed by atoms with Crippen molar-refractivity contribution in [3.05, 3.63) is 81.6 Å². The first-order valence-electron chi connectivity index (χ1n) is 10.1. The van der Waals surface area contributed by atoms with Gasteiger partial charge in [-0.05, 0) is 48.5 Å². The Morgan fingerprint density at radius 2 is 1.68 bits per heavy atom. The summed E-state index contributed by atoms with van der Waals surface area (Å²) >= 11 is 5.95. The van der Waals surface area contributed by atoms with Crippen LogP contribution in [0.2, 0.25) is 5.02 Å². The molecule has 1 saturated heterocycles. The number of carbonyl (C=O) groups is 1. The molecule has 1 aliphatic heterocycles. The standard InChI is InChI=1S/C23H24ClN5O2/c1-26(2)20-5-3-4-17(16-20)23(31)28-14-12-27(13-15-28)21-10-11-22(30)29(25-21)19-8-6-18(24)7-9-19/h3-11,16H,12-15H2,1-2H3. The fraction of sp³-hybridized carbons (Fsp3) is 0.261. The minimum absolute atomic E-state index is 0.0300. The number of piperazine rings is 1. The van der Waals surface area contributed by atoms with E-state index in [4.69, 9.17) is 11.6 Å². The van der Waals surface area contributed by atoms with Crippen LogP contribution < -0.4 is 15.4 Å². The molecule has 8 heteroatoms. The molecule has 0 saturated carbocycles. The van der Waals surface area contributed by atoms with Crippen molar-refractivity contribution < 1.29 is 4.79 Å². The van der Waals surface area contributed by atoms with Crippen molar-refractivity contribution in [1.29, 1.82) is 0 Å². The highest BCUT2D eigenvalue weighted by molar-refractivity contribution is 6.30. The summed E-state index contributed by atoms with van der Waals surface area (Å²) in [5.74, 6) is 0.735. The molecule has 0 N–H and O–H groups in total. The first-order chi connectivity index (χ1) is 14.9. The van der Waals surface area contributed by atoms with Gasteiger partial charge in [-0.25, -0.2) is 0 Å². The summed E-state index contributed by atoms with van der Waals surface area (Å²) in [6.07, 6.45) is 0. The quantitative estimate of drug-likeness (QED) is 0.628. The molecule has 2 aromatic carbocycles. The molecular formula is C23H24ClN5O2. The van der Waals surface area contributed by atoms with Crippen LogP contribution in [0.5, 0.6) is 0 Å². The van der Waals surface area contributed by atoms with Crippen LogP contribution in [-0.4, -0.2) is 60.9 Å². The van der Waals surface area contributed by atoms with Crippen LogP contribution in [0, 0.1) is 0 Å². The van der Waals surface area contributed by atoms with E-state index >= 15 is 0 Å². The van der Waals surface area contributed by atoms with E-state index in [1.54, 1.807) is 30.3 Å². The third-order valence-corrected chi connectivity index (χ3v) is 5.61. The average molecular weight is 438 g/mol. The number of benzene rings is 2. The number of aromatic nitrogens is 2. The van der Waals surface area contributed by atoms with Gasteiger partial charge in [-0.15, -0.1) is 5.10 Å². The summed E-state index contributed by atoms with van der Waals surface area (Å²) in [5, 5.41) is 5.13. The van der Waals surface area contributed by atoms with Crippen LogP contribution >= 0.6 is 11.6 Å². The Bertz CT molecular complexity index is 1140. The van der Waals surface area contributed by atoms with Crippen molar-refractivity contribution in [1.82, 2.24) is 14.7 Å². The van der Waals surface area contributed by atoms with Crippen LogP contribution in [0.25, 0.3) is 5.69 Å². The molecule has 4 rings (SSSR count). The third-order valence-electron chi connectivity index (χ3n) is 5.36. The van der Waals surface area contributed by atoms with Crippen LogP contribution in [0.3, 0.4) is 0 Å². The Kier molecular flexibility index (Phi) is 5.95. The molecule has 0 atom stereocenters. The third kappa shape index (κ3) is 4.56. The number of carbonyl (C=O) groups excluding carboxylic acids is 1. The molecule has 0 unspecified atom stereocenters. The Morgan fingerprint density at radius 1 is 0.968 bits per heavy atom. The van der Waals surface area contributed by atoms with Crippen molar-refractivity contribution in [3.8, 4) is 5.69 Å². The monoisotopic (exact) mass is 437 g/mol. The first kappa shape index (κ1) is 20.9. The molecular weight excluding hydrogens is 414 g/mol. The Balaban J connectivity index is 1.47. The smallest absolute Gasteiger partial charge is 0.271 e. The van der Waals surface area contributed by atoms with Gasteiger partial charge in [-0.2, -0.15) is 4.68 Å². The summed E-state index contributed by atoms with van der Waals surface area (Å²) in [7, 11) is 3.91. The van der Waals surface area contributed by atoms with E-state index < -0.39 is 0 Å². The molecule has 0 spiro atoms. The maximum absolute atomic E-state index is 12.9. The van der Waals surface area contributed by atoms with E-state index in [1.807, 2.05) is 48.2 Å². The molecule has 160 valence electrons. The second-order valence-corrected chi connectivity index (χ2v) is 8.08. The van der Waals surface area contributed by atoms with Gasteiger partial charge in [0.25, 0.3) is 11.5 Å². The number of nitrogens with zero attached hydrogens (tertiary/aromatic N) is 5. The number of amides is 1. The van der Waals surface area contributed by atoms with E-state index in [2.05, 4.69) is 10.00 Å². The van der Waals surface area contributed by atoms with Gasteiger partial charge in [0.1, 0.15) is 5.82 Å². The molecule has 2 heterocycles. The molecule has 1 fully saturated rings. The largest absolute Gasteiger partial charge is 0.378 e. The molecule has 0 aliphatic carbocycles. The molecule has 31 heavy (non-hydrogen) atoms.